The van der Waals surface area contributed by atoms with Gasteiger partial charge in [0.05, 0.1) is 16.8 Å². The van der Waals surface area contributed by atoms with E-state index < -0.39 is 0 Å². The minimum atomic E-state index is -0.0668. The summed E-state index contributed by atoms with van der Waals surface area (Å²) in [5, 5.41) is 4.76. The molecule has 3 heterocycles. The van der Waals surface area contributed by atoms with Crippen LogP contribution in [0.2, 0.25) is 0 Å². The maximum absolute atomic E-state index is 13.4. The van der Waals surface area contributed by atoms with Crippen LogP contribution in [0, 0.1) is 6.92 Å². The number of amides is 1. The van der Waals surface area contributed by atoms with Crippen molar-refractivity contribution in [3.63, 3.8) is 0 Å². The van der Waals surface area contributed by atoms with Crippen molar-refractivity contribution in [2.75, 3.05) is 11.4 Å². The number of aryl methyl sites for hydroxylation is 2. The minimum absolute atomic E-state index is 0.0668. The quantitative estimate of drug-likeness (QED) is 0.458. The standard InChI is InChI=1S/C26H24N4O2/c1-19-24(22-12-5-6-13-23(22)32-18-20-9-3-2-4-10-20)25-29(15-8-16-30(25)28-19)26(31)21-11-7-14-27-17-21/h2-7,9-14,17H,8,15-16,18H2,1H3. The first-order valence-corrected chi connectivity index (χ1v) is 10.8. The Morgan fingerprint density at radius 3 is 2.62 bits per heavy atom. The van der Waals surface area contributed by atoms with Gasteiger partial charge in [-0.25, -0.2) is 4.68 Å². The number of rotatable bonds is 5. The van der Waals surface area contributed by atoms with E-state index in [-0.39, 0.29) is 5.91 Å². The van der Waals surface area contributed by atoms with Crippen molar-refractivity contribution < 1.29 is 9.53 Å². The largest absolute Gasteiger partial charge is 0.488 e. The summed E-state index contributed by atoms with van der Waals surface area (Å²) in [5.41, 5.74) is 4.42. The molecule has 1 aliphatic heterocycles. The second kappa shape index (κ2) is 8.67. The van der Waals surface area contributed by atoms with Crippen molar-refractivity contribution in [1.29, 1.82) is 0 Å². The zero-order valence-corrected chi connectivity index (χ0v) is 17.9. The molecule has 1 aliphatic rings. The van der Waals surface area contributed by atoms with Crippen molar-refractivity contribution in [3.8, 4) is 16.9 Å². The molecule has 0 saturated heterocycles. The van der Waals surface area contributed by atoms with Crippen LogP contribution in [-0.2, 0) is 13.2 Å². The van der Waals surface area contributed by atoms with E-state index in [0.717, 1.165) is 46.9 Å². The van der Waals surface area contributed by atoms with Crippen LogP contribution in [0.25, 0.3) is 11.1 Å². The van der Waals surface area contributed by atoms with Crippen LogP contribution in [0.15, 0.2) is 79.1 Å². The molecular formula is C26H24N4O2. The Hall–Kier alpha value is -3.93. The first-order chi connectivity index (χ1) is 15.7. The number of hydrogen-bond acceptors (Lipinski definition) is 4. The predicted octanol–water partition coefficient (Wildman–Crippen LogP) is 4.88. The Labute approximate surface area is 187 Å². The van der Waals surface area contributed by atoms with Crippen molar-refractivity contribution >= 4 is 11.7 Å². The summed E-state index contributed by atoms with van der Waals surface area (Å²) in [6.45, 7) is 3.87. The third-order valence-electron chi connectivity index (χ3n) is 5.66. The number of fused-ring (bicyclic) bond motifs is 1. The molecule has 4 aromatic rings. The fraction of sp³-hybridized carbons (Fsp3) is 0.192. The molecule has 6 nitrogen and oxygen atoms in total. The van der Waals surface area contributed by atoms with Gasteiger partial charge in [-0.1, -0.05) is 48.5 Å². The molecule has 32 heavy (non-hydrogen) atoms. The Morgan fingerprint density at radius 2 is 1.81 bits per heavy atom. The highest BCUT2D eigenvalue weighted by Crippen LogP contribution is 2.41. The number of para-hydroxylation sites is 1. The summed E-state index contributed by atoms with van der Waals surface area (Å²) in [5.74, 6) is 1.52. The molecule has 0 N–H and O–H groups in total. The zero-order chi connectivity index (χ0) is 21.9. The molecule has 160 valence electrons. The second-order valence-corrected chi connectivity index (χ2v) is 7.83. The van der Waals surface area contributed by atoms with Gasteiger partial charge in [-0.3, -0.25) is 14.7 Å². The summed E-state index contributed by atoms with van der Waals surface area (Å²) in [6, 6.07) is 21.6. The third-order valence-corrected chi connectivity index (χ3v) is 5.66. The van der Waals surface area contributed by atoms with Crippen molar-refractivity contribution in [2.24, 2.45) is 0 Å². The van der Waals surface area contributed by atoms with Crippen LogP contribution >= 0.6 is 0 Å². The summed E-state index contributed by atoms with van der Waals surface area (Å²) >= 11 is 0. The van der Waals surface area contributed by atoms with E-state index in [9.17, 15) is 4.79 Å². The second-order valence-electron chi connectivity index (χ2n) is 7.83. The van der Waals surface area contributed by atoms with E-state index in [4.69, 9.17) is 9.84 Å². The number of benzene rings is 2. The molecule has 2 aromatic heterocycles. The van der Waals surface area contributed by atoms with Gasteiger partial charge in [-0.05, 0) is 37.1 Å². The molecule has 1 amide bonds. The minimum Gasteiger partial charge on any atom is -0.488 e. The van der Waals surface area contributed by atoms with Crippen LogP contribution in [0.5, 0.6) is 5.75 Å². The van der Waals surface area contributed by atoms with Crippen molar-refractivity contribution in [1.82, 2.24) is 14.8 Å². The normalized spacial score (nSPS) is 13.0. The summed E-state index contributed by atoms with van der Waals surface area (Å²) in [6.07, 6.45) is 4.14. The molecule has 6 heteroatoms. The lowest BCUT2D eigenvalue weighted by Crippen LogP contribution is -2.38. The molecule has 5 rings (SSSR count). The predicted molar refractivity (Wildman–Crippen MR) is 124 cm³/mol. The maximum Gasteiger partial charge on any atom is 0.261 e. The Balaban J connectivity index is 1.55. The van der Waals surface area contributed by atoms with Crippen LogP contribution in [0.4, 0.5) is 5.82 Å². The maximum atomic E-state index is 13.4. The first-order valence-electron chi connectivity index (χ1n) is 10.8. The van der Waals surface area contributed by atoms with Crippen LogP contribution < -0.4 is 9.64 Å². The molecule has 0 aliphatic carbocycles. The molecule has 0 saturated carbocycles. The zero-order valence-electron chi connectivity index (χ0n) is 17.9. The molecule has 0 spiro atoms. The van der Waals surface area contributed by atoms with Crippen LogP contribution in [0.3, 0.4) is 0 Å². The summed E-state index contributed by atoms with van der Waals surface area (Å²) < 4.78 is 8.16. The monoisotopic (exact) mass is 424 g/mol. The average molecular weight is 425 g/mol. The van der Waals surface area contributed by atoms with E-state index in [1.165, 1.54) is 0 Å². The van der Waals surface area contributed by atoms with Crippen molar-refractivity contribution in [3.05, 3.63) is 95.9 Å². The summed E-state index contributed by atoms with van der Waals surface area (Å²) in [4.78, 5) is 19.3. The third kappa shape index (κ3) is 3.75. The topological polar surface area (TPSA) is 60.2 Å². The number of hydrogen-bond donors (Lipinski definition) is 0. The number of aromatic nitrogens is 3. The Morgan fingerprint density at radius 1 is 1.00 bits per heavy atom. The van der Waals surface area contributed by atoms with Gasteiger partial charge < -0.3 is 4.74 Å². The molecule has 0 bridgehead atoms. The van der Waals surface area contributed by atoms with Gasteiger partial charge in [0.1, 0.15) is 18.2 Å². The molecule has 0 atom stereocenters. The van der Waals surface area contributed by atoms with Gasteiger partial charge >= 0.3 is 0 Å². The number of ether oxygens (including phenoxy) is 1. The van der Waals surface area contributed by atoms with Crippen LogP contribution in [0.1, 0.15) is 28.0 Å². The van der Waals surface area contributed by atoms with Gasteiger partial charge in [-0.2, -0.15) is 5.10 Å². The lowest BCUT2D eigenvalue weighted by Gasteiger charge is -2.29. The van der Waals surface area contributed by atoms with Crippen molar-refractivity contribution in [2.45, 2.75) is 26.5 Å². The molecular weight excluding hydrogens is 400 g/mol. The fourth-order valence-electron chi connectivity index (χ4n) is 4.18. The number of carbonyl (C=O) groups excluding carboxylic acids is 1. The van der Waals surface area contributed by atoms with E-state index >= 15 is 0 Å². The Kier molecular flexibility index (Phi) is 5.42. The van der Waals surface area contributed by atoms with Gasteiger partial charge in [-0.15, -0.1) is 0 Å². The van der Waals surface area contributed by atoms with E-state index in [1.807, 2.05) is 71.1 Å². The van der Waals surface area contributed by atoms with Gasteiger partial charge in [0, 0.05) is 31.0 Å². The molecule has 0 fully saturated rings. The molecule has 0 radical (unpaired) electrons. The van der Waals surface area contributed by atoms with E-state index in [1.54, 1.807) is 24.5 Å². The van der Waals surface area contributed by atoms with Gasteiger partial charge in [0.25, 0.3) is 5.91 Å². The number of anilines is 1. The number of carbonyl (C=O) groups is 1. The van der Waals surface area contributed by atoms with E-state index in [0.29, 0.717) is 18.7 Å². The summed E-state index contributed by atoms with van der Waals surface area (Å²) in [7, 11) is 0. The van der Waals surface area contributed by atoms with Crippen LogP contribution in [-0.4, -0.2) is 27.2 Å². The number of pyridine rings is 1. The Bertz CT molecular complexity index is 1240. The van der Waals surface area contributed by atoms with Gasteiger partial charge in [0.2, 0.25) is 0 Å². The SMILES string of the molecule is Cc1nn2c(c1-c1ccccc1OCc1ccccc1)N(C(=O)c1cccnc1)CCC2. The lowest BCUT2D eigenvalue weighted by molar-refractivity contribution is 0.0981. The average Bonchev–Trinajstić information content (AvgIpc) is 3.19. The van der Waals surface area contributed by atoms with E-state index in [2.05, 4.69) is 4.98 Å². The number of nitrogens with zero attached hydrogens (tertiary/aromatic N) is 4. The lowest BCUT2D eigenvalue weighted by atomic mass is 10.0. The molecule has 2 aromatic carbocycles. The smallest absolute Gasteiger partial charge is 0.261 e. The fourth-order valence-corrected chi connectivity index (χ4v) is 4.18. The molecule has 0 unspecified atom stereocenters. The highest BCUT2D eigenvalue weighted by Gasteiger charge is 2.31. The van der Waals surface area contributed by atoms with Gasteiger partial charge in [0.15, 0.2) is 0 Å². The highest BCUT2D eigenvalue weighted by atomic mass is 16.5. The highest BCUT2D eigenvalue weighted by molar-refractivity contribution is 6.07. The first kappa shape index (κ1) is 20.0.